The third-order valence-corrected chi connectivity index (χ3v) is 4.08. The zero-order valence-electron chi connectivity index (χ0n) is 14.6. The van der Waals surface area contributed by atoms with Gasteiger partial charge in [0.1, 0.15) is 11.5 Å². The first kappa shape index (κ1) is 17.4. The standard InChI is InChI=1S/C22H18O4/c1-25-19-14-20(26-2)18(22(24)16-11-7-4-8-12-16)13-17(19)21(23)15-9-5-3-6-10-15/h3-14H,1-2H3. The summed E-state index contributed by atoms with van der Waals surface area (Å²) in [6, 6.07) is 20.9. The lowest BCUT2D eigenvalue weighted by atomic mass is 9.95. The molecule has 0 spiro atoms. The normalized spacial score (nSPS) is 10.2. The van der Waals surface area contributed by atoms with Crippen LogP contribution in [0.3, 0.4) is 0 Å². The quantitative estimate of drug-likeness (QED) is 0.629. The Hall–Kier alpha value is -3.40. The Balaban J connectivity index is 2.13. The summed E-state index contributed by atoms with van der Waals surface area (Å²) in [5.74, 6) is 0.292. The van der Waals surface area contributed by atoms with Gasteiger partial charge in [0, 0.05) is 17.2 Å². The van der Waals surface area contributed by atoms with E-state index in [0.29, 0.717) is 33.8 Å². The number of benzene rings is 3. The van der Waals surface area contributed by atoms with Crippen molar-refractivity contribution in [2.45, 2.75) is 0 Å². The molecule has 0 aliphatic rings. The molecule has 0 aliphatic carbocycles. The van der Waals surface area contributed by atoms with E-state index in [1.54, 1.807) is 60.7 Å². The zero-order chi connectivity index (χ0) is 18.5. The van der Waals surface area contributed by atoms with Crippen molar-refractivity contribution < 1.29 is 19.1 Å². The van der Waals surface area contributed by atoms with Gasteiger partial charge in [-0.15, -0.1) is 0 Å². The van der Waals surface area contributed by atoms with Crippen LogP contribution in [0.2, 0.25) is 0 Å². The van der Waals surface area contributed by atoms with E-state index in [0.717, 1.165) is 0 Å². The molecular formula is C22H18O4. The van der Waals surface area contributed by atoms with Gasteiger partial charge in [0.05, 0.1) is 25.3 Å². The molecule has 0 bridgehead atoms. The molecule has 0 radical (unpaired) electrons. The summed E-state index contributed by atoms with van der Waals surface area (Å²) in [4.78, 5) is 25.8. The van der Waals surface area contributed by atoms with Gasteiger partial charge in [-0.2, -0.15) is 0 Å². The summed E-state index contributed by atoms with van der Waals surface area (Å²) < 4.78 is 10.7. The highest BCUT2D eigenvalue weighted by molar-refractivity contribution is 6.15. The van der Waals surface area contributed by atoms with Crippen LogP contribution in [-0.4, -0.2) is 25.8 Å². The van der Waals surface area contributed by atoms with Crippen LogP contribution in [-0.2, 0) is 0 Å². The Kier molecular flexibility index (Phi) is 5.13. The van der Waals surface area contributed by atoms with Crippen molar-refractivity contribution in [3.63, 3.8) is 0 Å². The van der Waals surface area contributed by atoms with E-state index < -0.39 is 0 Å². The Morgan fingerprint density at radius 3 is 1.35 bits per heavy atom. The van der Waals surface area contributed by atoms with Gasteiger partial charge < -0.3 is 9.47 Å². The Labute approximate surface area is 152 Å². The Morgan fingerprint density at radius 1 is 0.615 bits per heavy atom. The smallest absolute Gasteiger partial charge is 0.196 e. The average Bonchev–Trinajstić information content (AvgIpc) is 2.73. The molecule has 0 aromatic heterocycles. The number of ether oxygens (including phenoxy) is 2. The Morgan fingerprint density at radius 2 is 1.00 bits per heavy atom. The van der Waals surface area contributed by atoms with E-state index in [1.807, 2.05) is 12.1 Å². The summed E-state index contributed by atoms with van der Waals surface area (Å²) in [5.41, 5.74) is 1.68. The summed E-state index contributed by atoms with van der Waals surface area (Å²) >= 11 is 0. The number of carbonyl (C=O) groups is 2. The SMILES string of the molecule is COc1cc(OC)c(C(=O)c2ccccc2)cc1C(=O)c1ccccc1. The molecule has 4 nitrogen and oxygen atoms in total. The van der Waals surface area contributed by atoms with Crippen LogP contribution in [0.15, 0.2) is 72.8 Å². The minimum atomic E-state index is -0.216. The Bertz CT molecular complexity index is 856. The van der Waals surface area contributed by atoms with Gasteiger partial charge in [0.25, 0.3) is 0 Å². The third kappa shape index (κ3) is 3.35. The highest BCUT2D eigenvalue weighted by Gasteiger charge is 2.22. The van der Waals surface area contributed by atoms with E-state index >= 15 is 0 Å². The van der Waals surface area contributed by atoms with Crippen molar-refractivity contribution in [1.82, 2.24) is 0 Å². The molecular weight excluding hydrogens is 328 g/mol. The van der Waals surface area contributed by atoms with Gasteiger partial charge in [-0.1, -0.05) is 60.7 Å². The number of methoxy groups -OCH3 is 2. The lowest BCUT2D eigenvalue weighted by Gasteiger charge is -2.14. The monoisotopic (exact) mass is 346 g/mol. The van der Waals surface area contributed by atoms with Crippen molar-refractivity contribution >= 4 is 11.6 Å². The molecule has 0 N–H and O–H groups in total. The summed E-state index contributed by atoms with van der Waals surface area (Å²) in [5, 5.41) is 0. The van der Waals surface area contributed by atoms with E-state index in [4.69, 9.17) is 9.47 Å². The summed E-state index contributed by atoms with van der Waals surface area (Å²) in [6.45, 7) is 0. The third-order valence-electron chi connectivity index (χ3n) is 4.08. The predicted molar refractivity (Wildman–Crippen MR) is 99.3 cm³/mol. The van der Waals surface area contributed by atoms with Crippen LogP contribution >= 0.6 is 0 Å². The second-order valence-electron chi connectivity index (χ2n) is 5.64. The summed E-state index contributed by atoms with van der Waals surface area (Å²) in [7, 11) is 2.96. The molecule has 3 rings (SSSR count). The van der Waals surface area contributed by atoms with Gasteiger partial charge in [-0.3, -0.25) is 9.59 Å². The first-order chi connectivity index (χ1) is 12.7. The van der Waals surface area contributed by atoms with Crippen LogP contribution in [0.25, 0.3) is 0 Å². The minimum absolute atomic E-state index is 0.216. The molecule has 0 saturated heterocycles. The first-order valence-corrected chi connectivity index (χ1v) is 8.11. The molecule has 130 valence electrons. The molecule has 26 heavy (non-hydrogen) atoms. The second-order valence-corrected chi connectivity index (χ2v) is 5.64. The molecule has 0 aliphatic heterocycles. The number of hydrogen-bond donors (Lipinski definition) is 0. The molecule has 0 amide bonds. The fourth-order valence-electron chi connectivity index (χ4n) is 2.74. The van der Waals surface area contributed by atoms with E-state index in [-0.39, 0.29) is 11.6 Å². The van der Waals surface area contributed by atoms with Crippen LogP contribution in [0.4, 0.5) is 0 Å². The van der Waals surface area contributed by atoms with Crippen molar-refractivity contribution in [3.05, 3.63) is 95.1 Å². The van der Waals surface area contributed by atoms with Crippen LogP contribution in [0.5, 0.6) is 11.5 Å². The van der Waals surface area contributed by atoms with Crippen molar-refractivity contribution in [1.29, 1.82) is 0 Å². The minimum Gasteiger partial charge on any atom is -0.496 e. The van der Waals surface area contributed by atoms with Gasteiger partial charge in [0.15, 0.2) is 11.6 Å². The number of rotatable bonds is 6. The molecule has 0 heterocycles. The molecule has 0 atom stereocenters. The summed E-state index contributed by atoms with van der Waals surface area (Å²) in [6.07, 6.45) is 0. The molecule has 0 saturated carbocycles. The number of ketones is 2. The molecule has 3 aromatic rings. The number of hydrogen-bond acceptors (Lipinski definition) is 4. The van der Waals surface area contributed by atoms with E-state index in [2.05, 4.69) is 0 Å². The highest BCUT2D eigenvalue weighted by atomic mass is 16.5. The average molecular weight is 346 g/mol. The van der Waals surface area contributed by atoms with E-state index in [9.17, 15) is 9.59 Å². The maximum absolute atomic E-state index is 12.9. The maximum atomic E-state index is 12.9. The van der Waals surface area contributed by atoms with Crippen molar-refractivity contribution in [3.8, 4) is 11.5 Å². The van der Waals surface area contributed by atoms with Gasteiger partial charge in [-0.05, 0) is 6.07 Å². The second kappa shape index (κ2) is 7.66. The van der Waals surface area contributed by atoms with Crippen LogP contribution < -0.4 is 9.47 Å². The van der Waals surface area contributed by atoms with Crippen molar-refractivity contribution in [2.24, 2.45) is 0 Å². The molecule has 4 heteroatoms. The topological polar surface area (TPSA) is 52.6 Å². The predicted octanol–water partition coefficient (Wildman–Crippen LogP) is 4.17. The molecule has 0 unspecified atom stereocenters. The lowest BCUT2D eigenvalue weighted by molar-refractivity contribution is 0.103. The first-order valence-electron chi connectivity index (χ1n) is 8.11. The number of carbonyl (C=O) groups excluding carboxylic acids is 2. The molecule has 0 fully saturated rings. The fourth-order valence-corrected chi connectivity index (χ4v) is 2.74. The van der Waals surface area contributed by atoms with Crippen molar-refractivity contribution in [2.75, 3.05) is 14.2 Å². The van der Waals surface area contributed by atoms with Gasteiger partial charge in [-0.25, -0.2) is 0 Å². The van der Waals surface area contributed by atoms with Crippen LogP contribution in [0, 0.1) is 0 Å². The zero-order valence-corrected chi connectivity index (χ0v) is 14.6. The van der Waals surface area contributed by atoms with Crippen LogP contribution in [0.1, 0.15) is 31.8 Å². The largest absolute Gasteiger partial charge is 0.496 e. The fraction of sp³-hybridized carbons (Fsp3) is 0.0909. The van der Waals surface area contributed by atoms with E-state index in [1.165, 1.54) is 14.2 Å². The molecule has 3 aromatic carbocycles. The maximum Gasteiger partial charge on any atom is 0.196 e. The van der Waals surface area contributed by atoms with Gasteiger partial charge in [0.2, 0.25) is 0 Å². The van der Waals surface area contributed by atoms with Gasteiger partial charge >= 0.3 is 0 Å². The highest BCUT2D eigenvalue weighted by Crippen LogP contribution is 2.32. The lowest BCUT2D eigenvalue weighted by Crippen LogP contribution is -2.09.